The molecule has 2 aromatic carbocycles. The summed E-state index contributed by atoms with van der Waals surface area (Å²) < 4.78 is 12.8. The molecule has 3 nitrogen and oxygen atoms in total. The fourth-order valence-electron chi connectivity index (χ4n) is 1.75. The molecule has 4 heteroatoms. The Morgan fingerprint density at radius 2 is 1.68 bits per heavy atom. The van der Waals surface area contributed by atoms with Gasteiger partial charge in [-0.05, 0) is 36.8 Å². The first kappa shape index (κ1) is 13.1. The number of carbonyl (C=O) groups is 1. The Balaban J connectivity index is 2.23. The number of carbonyl (C=O) groups excluding carboxylic acids is 1. The van der Waals surface area contributed by atoms with Crippen molar-refractivity contribution in [3.8, 4) is 0 Å². The fraction of sp³-hybridized carbons (Fsp3) is 0.133. The number of hydrogen-bond donors (Lipinski definition) is 1. The molecule has 19 heavy (non-hydrogen) atoms. The minimum Gasteiger partial charge on any atom is -0.548 e. The van der Waals surface area contributed by atoms with Crippen LogP contribution in [0.15, 0.2) is 48.5 Å². The molecule has 0 aromatic heterocycles. The van der Waals surface area contributed by atoms with Gasteiger partial charge in [0.05, 0.1) is 12.0 Å². The van der Waals surface area contributed by atoms with Crippen LogP contribution < -0.4 is 10.4 Å². The molecule has 2 rings (SSSR count). The molecule has 2 aromatic rings. The maximum atomic E-state index is 12.8. The van der Waals surface area contributed by atoms with Gasteiger partial charge in [0.25, 0.3) is 0 Å². The number of carboxylic acids is 1. The lowest BCUT2D eigenvalue weighted by Crippen LogP contribution is -2.34. The van der Waals surface area contributed by atoms with Gasteiger partial charge in [-0.15, -0.1) is 0 Å². The van der Waals surface area contributed by atoms with Crippen LogP contribution in [-0.4, -0.2) is 5.97 Å². The summed E-state index contributed by atoms with van der Waals surface area (Å²) in [4.78, 5) is 11.2. The average Bonchev–Trinajstić information content (AvgIpc) is 2.39. The molecule has 0 bridgehead atoms. The number of rotatable bonds is 4. The van der Waals surface area contributed by atoms with Gasteiger partial charge in [-0.25, -0.2) is 4.39 Å². The molecule has 0 heterocycles. The second-order valence-corrected chi connectivity index (χ2v) is 4.31. The van der Waals surface area contributed by atoms with Gasteiger partial charge in [0.1, 0.15) is 5.82 Å². The molecular formula is C15H13FNO2-. The maximum absolute atomic E-state index is 12.8. The summed E-state index contributed by atoms with van der Waals surface area (Å²) in [5, 5.41) is 14.0. The van der Waals surface area contributed by atoms with Crippen LogP contribution in [0.25, 0.3) is 0 Å². The van der Waals surface area contributed by atoms with E-state index in [1.807, 2.05) is 19.1 Å². The molecule has 0 aliphatic heterocycles. The van der Waals surface area contributed by atoms with E-state index in [1.165, 1.54) is 24.3 Å². The van der Waals surface area contributed by atoms with Crippen LogP contribution >= 0.6 is 0 Å². The number of hydrogen-bond acceptors (Lipinski definition) is 3. The molecule has 0 unspecified atom stereocenters. The molecule has 98 valence electrons. The lowest BCUT2D eigenvalue weighted by Gasteiger charge is -2.21. The number of aliphatic carboxylic acids is 1. The average molecular weight is 258 g/mol. The van der Waals surface area contributed by atoms with E-state index >= 15 is 0 Å². The van der Waals surface area contributed by atoms with E-state index < -0.39 is 12.0 Å². The van der Waals surface area contributed by atoms with E-state index in [0.717, 1.165) is 5.56 Å². The zero-order chi connectivity index (χ0) is 13.8. The third kappa shape index (κ3) is 3.31. The molecule has 0 saturated carbocycles. The Morgan fingerprint density at radius 3 is 2.21 bits per heavy atom. The molecule has 0 spiro atoms. The normalized spacial score (nSPS) is 11.9. The second-order valence-electron chi connectivity index (χ2n) is 4.31. The van der Waals surface area contributed by atoms with Crippen LogP contribution in [0.4, 0.5) is 10.1 Å². The van der Waals surface area contributed by atoms with Crippen LogP contribution in [0.1, 0.15) is 17.2 Å². The quantitative estimate of drug-likeness (QED) is 0.913. The van der Waals surface area contributed by atoms with Crippen LogP contribution in [0, 0.1) is 12.7 Å². The summed E-state index contributed by atoms with van der Waals surface area (Å²) in [6, 6.07) is 11.7. The smallest absolute Gasteiger partial charge is 0.123 e. The highest BCUT2D eigenvalue weighted by Crippen LogP contribution is 2.20. The fourth-order valence-corrected chi connectivity index (χ4v) is 1.75. The lowest BCUT2D eigenvalue weighted by atomic mass is 10.0. The Hall–Kier alpha value is -2.36. The third-order valence-corrected chi connectivity index (χ3v) is 2.80. The SMILES string of the molecule is Cc1ccc([C@@H](Nc2ccc(F)cc2)C(=O)[O-])cc1. The first-order valence-electron chi connectivity index (χ1n) is 5.86. The number of anilines is 1. The highest BCUT2D eigenvalue weighted by Gasteiger charge is 2.12. The standard InChI is InChI=1S/C15H14FNO2/c1-10-2-4-11(5-3-10)14(15(18)19)17-13-8-6-12(16)7-9-13/h2-9,14,17H,1H3,(H,18,19)/p-1/t14-/m1/s1. The van der Waals surface area contributed by atoms with Crippen molar-refractivity contribution in [2.24, 2.45) is 0 Å². The van der Waals surface area contributed by atoms with Crippen molar-refractivity contribution in [1.29, 1.82) is 0 Å². The molecule has 0 aliphatic rings. The monoisotopic (exact) mass is 258 g/mol. The van der Waals surface area contributed by atoms with Gasteiger partial charge in [0, 0.05) is 5.69 Å². The van der Waals surface area contributed by atoms with Crippen molar-refractivity contribution >= 4 is 11.7 Å². The third-order valence-electron chi connectivity index (χ3n) is 2.80. The predicted molar refractivity (Wildman–Crippen MR) is 68.9 cm³/mol. The number of aryl methyl sites for hydroxylation is 1. The highest BCUT2D eigenvalue weighted by molar-refractivity contribution is 5.77. The Labute approximate surface area is 110 Å². The van der Waals surface area contributed by atoms with Gasteiger partial charge in [-0.2, -0.15) is 0 Å². The molecule has 0 fully saturated rings. The number of carboxylic acid groups (broad SMARTS) is 1. The van der Waals surface area contributed by atoms with Gasteiger partial charge in [0.15, 0.2) is 0 Å². The van der Waals surface area contributed by atoms with E-state index in [9.17, 15) is 14.3 Å². The Bertz CT molecular complexity index is 564. The molecular weight excluding hydrogens is 245 g/mol. The number of benzene rings is 2. The summed E-state index contributed by atoms with van der Waals surface area (Å²) in [6.07, 6.45) is 0. The highest BCUT2D eigenvalue weighted by atomic mass is 19.1. The first-order chi connectivity index (χ1) is 9.06. The second kappa shape index (κ2) is 5.52. The Kier molecular flexibility index (Phi) is 3.80. The summed E-state index contributed by atoms with van der Waals surface area (Å²) >= 11 is 0. The molecule has 1 N–H and O–H groups in total. The molecule has 0 saturated heterocycles. The van der Waals surface area contributed by atoms with Gasteiger partial charge in [-0.3, -0.25) is 0 Å². The first-order valence-corrected chi connectivity index (χ1v) is 5.86. The van der Waals surface area contributed by atoms with Gasteiger partial charge < -0.3 is 15.2 Å². The molecule has 0 radical (unpaired) electrons. The summed E-state index contributed by atoms with van der Waals surface area (Å²) in [6.45, 7) is 1.92. The topological polar surface area (TPSA) is 52.2 Å². The van der Waals surface area contributed by atoms with Gasteiger partial charge in [-0.1, -0.05) is 29.8 Å². The minimum absolute atomic E-state index is 0.370. The largest absolute Gasteiger partial charge is 0.548 e. The zero-order valence-corrected chi connectivity index (χ0v) is 10.4. The van der Waals surface area contributed by atoms with Crippen molar-refractivity contribution in [2.45, 2.75) is 13.0 Å². The predicted octanol–water partition coefficient (Wildman–Crippen LogP) is 2.04. The zero-order valence-electron chi connectivity index (χ0n) is 10.4. The van der Waals surface area contributed by atoms with E-state index in [2.05, 4.69) is 5.32 Å². The van der Waals surface area contributed by atoms with E-state index in [1.54, 1.807) is 12.1 Å². The summed E-state index contributed by atoms with van der Waals surface area (Å²) in [7, 11) is 0. The summed E-state index contributed by atoms with van der Waals surface area (Å²) in [5.41, 5.74) is 2.16. The van der Waals surface area contributed by atoms with Crippen LogP contribution in [0.2, 0.25) is 0 Å². The van der Waals surface area contributed by atoms with Crippen molar-refractivity contribution < 1.29 is 14.3 Å². The van der Waals surface area contributed by atoms with E-state index in [-0.39, 0.29) is 5.82 Å². The molecule has 0 aliphatic carbocycles. The Morgan fingerprint density at radius 1 is 1.11 bits per heavy atom. The number of halogens is 1. The van der Waals surface area contributed by atoms with Crippen molar-refractivity contribution in [2.75, 3.05) is 5.32 Å². The maximum Gasteiger partial charge on any atom is 0.123 e. The van der Waals surface area contributed by atoms with Crippen LogP contribution in [0.3, 0.4) is 0 Å². The van der Waals surface area contributed by atoms with Gasteiger partial charge >= 0.3 is 0 Å². The van der Waals surface area contributed by atoms with Crippen molar-refractivity contribution in [3.63, 3.8) is 0 Å². The van der Waals surface area contributed by atoms with Crippen molar-refractivity contribution in [3.05, 3.63) is 65.5 Å². The lowest BCUT2D eigenvalue weighted by molar-refractivity contribution is -0.307. The van der Waals surface area contributed by atoms with E-state index in [0.29, 0.717) is 11.3 Å². The molecule has 0 amide bonds. The molecule has 1 atom stereocenters. The van der Waals surface area contributed by atoms with Gasteiger partial charge in [0.2, 0.25) is 0 Å². The summed E-state index contributed by atoms with van der Waals surface area (Å²) in [5.74, 6) is -1.60. The minimum atomic E-state index is -1.23. The van der Waals surface area contributed by atoms with Crippen LogP contribution in [0.5, 0.6) is 0 Å². The number of nitrogens with one attached hydrogen (secondary N) is 1. The van der Waals surface area contributed by atoms with Crippen LogP contribution in [-0.2, 0) is 4.79 Å². The van der Waals surface area contributed by atoms with E-state index in [4.69, 9.17) is 0 Å². The van der Waals surface area contributed by atoms with Crippen molar-refractivity contribution in [1.82, 2.24) is 0 Å².